The van der Waals surface area contributed by atoms with Crippen LogP contribution in [-0.4, -0.2) is 34.3 Å². The average molecular weight is 271 g/mol. The summed E-state index contributed by atoms with van der Waals surface area (Å²) in [5.41, 5.74) is 0.613. The van der Waals surface area contributed by atoms with Crippen molar-refractivity contribution in [2.24, 2.45) is 0 Å². The highest BCUT2D eigenvalue weighted by atomic mass is 16.5. The molecule has 0 saturated heterocycles. The molecule has 0 saturated carbocycles. The molecule has 0 aliphatic carbocycles. The first-order valence-electron chi connectivity index (χ1n) is 6.01. The number of anilines is 1. The number of H-pyrrole nitrogens is 1. The van der Waals surface area contributed by atoms with E-state index in [9.17, 15) is 0 Å². The van der Waals surface area contributed by atoms with Crippen LogP contribution < -0.4 is 14.8 Å². The van der Waals surface area contributed by atoms with E-state index in [0.29, 0.717) is 34.4 Å². The van der Waals surface area contributed by atoms with E-state index in [1.165, 1.54) is 0 Å². The number of ether oxygens (including phenoxy) is 2. The third-order valence-electron chi connectivity index (χ3n) is 2.75. The van der Waals surface area contributed by atoms with Gasteiger partial charge in [0.1, 0.15) is 16.9 Å². The number of hydrogen-bond donors (Lipinski definition) is 2. The van der Waals surface area contributed by atoms with E-state index in [0.717, 1.165) is 0 Å². The lowest BCUT2D eigenvalue weighted by Crippen LogP contribution is -1.99. The summed E-state index contributed by atoms with van der Waals surface area (Å²) in [5, 5.41) is 10.3. The minimum atomic E-state index is 0.432. The minimum absolute atomic E-state index is 0.432. The van der Waals surface area contributed by atoms with Gasteiger partial charge in [-0.1, -0.05) is 6.07 Å². The van der Waals surface area contributed by atoms with Gasteiger partial charge in [-0.3, -0.25) is 5.10 Å². The highest BCUT2D eigenvalue weighted by Gasteiger charge is 2.11. The van der Waals surface area contributed by atoms with E-state index in [4.69, 9.17) is 9.47 Å². The third-order valence-corrected chi connectivity index (χ3v) is 2.75. The van der Waals surface area contributed by atoms with Crippen molar-refractivity contribution in [1.82, 2.24) is 20.2 Å². The average Bonchev–Trinajstić information content (AvgIpc) is 2.96. The Hall–Kier alpha value is -2.83. The van der Waals surface area contributed by atoms with Crippen molar-refractivity contribution in [2.45, 2.75) is 0 Å². The molecule has 7 nitrogen and oxygen atoms in total. The molecular formula is C13H13N5O2. The number of hydrogen-bond acceptors (Lipinski definition) is 6. The summed E-state index contributed by atoms with van der Waals surface area (Å²) in [7, 11) is 3.35. The number of rotatable bonds is 4. The van der Waals surface area contributed by atoms with E-state index in [2.05, 4.69) is 25.5 Å². The Labute approximate surface area is 115 Å². The number of methoxy groups -OCH3 is 1. The minimum Gasteiger partial charge on any atom is -0.497 e. The summed E-state index contributed by atoms with van der Waals surface area (Å²) in [6.07, 6.45) is 1.63. The summed E-state index contributed by atoms with van der Waals surface area (Å²) in [4.78, 5) is 8.54. The number of nitrogens with zero attached hydrogens (tertiary/aromatic N) is 3. The van der Waals surface area contributed by atoms with Gasteiger partial charge < -0.3 is 14.8 Å². The molecule has 0 aliphatic rings. The lowest BCUT2D eigenvalue weighted by molar-refractivity contribution is 0.408. The van der Waals surface area contributed by atoms with Crippen molar-refractivity contribution in [1.29, 1.82) is 0 Å². The zero-order valence-corrected chi connectivity index (χ0v) is 11.0. The third kappa shape index (κ3) is 2.20. The van der Waals surface area contributed by atoms with Crippen LogP contribution in [0.5, 0.6) is 17.4 Å². The standard InChI is InChI=1S/C13H13N5O2/c1-14-13-16-11-10(7-15-18-11)12(17-13)20-9-5-3-4-8(6-9)19-2/h3-7H,1-2H3,(H2,14,15,16,17,18). The van der Waals surface area contributed by atoms with Crippen molar-refractivity contribution in [2.75, 3.05) is 19.5 Å². The van der Waals surface area contributed by atoms with Crippen molar-refractivity contribution >= 4 is 17.0 Å². The number of fused-ring (bicyclic) bond motifs is 1. The molecule has 3 rings (SSSR count). The highest BCUT2D eigenvalue weighted by molar-refractivity contribution is 5.80. The van der Waals surface area contributed by atoms with Crippen molar-refractivity contribution in [3.05, 3.63) is 30.5 Å². The molecule has 0 radical (unpaired) electrons. The first-order valence-corrected chi connectivity index (χ1v) is 6.01. The van der Waals surface area contributed by atoms with Gasteiger partial charge in [-0.2, -0.15) is 15.1 Å². The molecule has 0 fully saturated rings. The molecule has 0 atom stereocenters. The van der Waals surface area contributed by atoms with Crippen LogP contribution in [0.25, 0.3) is 11.0 Å². The fourth-order valence-electron chi connectivity index (χ4n) is 1.77. The quantitative estimate of drug-likeness (QED) is 0.756. The summed E-state index contributed by atoms with van der Waals surface area (Å²) in [5.74, 6) is 2.24. The van der Waals surface area contributed by atoms with Gasteiger partial charge in [0.2, 0.25) is 11.8 Å². The van der Waals surface area contributed by atoms with Gasteiger partial charge in [-0.15, -0.1) is 0 Å². The fourth-order valence-corrected chi connectivity index (χ4v) is 1.77. The van der Waals surface area contributed by atoms with E-state index >= 15 is 0 Å². The van der Waals surface area contributed by atoms with Gasteiger partial charge in [0.05, 0.1) is 13.3 Å². The smallest absolute Gasteiger partial charge is 0.235 e. The Bertz CT molecular complexity index is 740. The Morgan fingerprint density at radius 1 is 1.20 bits per heavy atom. The molecule has 2 heterocycles. The number of nitrogens with one attached hydrogen (secondary N) is 2. The van der Waals surface area contributed by atoms with Crippen LogP contribution in [-0.2, 0) is 0 Å². The van der Waals surface area contributed by atoms with E-state index in [1.807, 2.05) is 18.2 Å². The maximum atomic E-state index is 5.80. The van der Waals surface area contributed by atoms with E-state index < -0.39 is 0 Å². The van der Waals surface area contributed by atoms with Crippen LogP contribution in [0.4, 0.5) is 5.95 Å². The van der Waals surface area contributed by atoms with E-state index in [1.54, 1.807) is 26.4 Å². The zero-order chi connectivity index (χ0) is 13.9. The van der Waals surface area contributed by atoms with Gasteiger partial charge in [0, 0.05) is 13.1 Å². The van der Waals surface area contributed by atoms with Crippen molar-refractivity contribution in [3.63, 3.8) is 0 Å². The maximum Gasteiger partial charge on any atom is 0.235 e. The van der Waals surface area contributed by atoms with Crippen LogP contribution in [0.15, 0.2) is 30.5 Å². The normalized spacial score (nSPS) is 10.5. The largest absolute Gasteiger partial charge is 0.497 e. The molecule has 3 aromatic rings. The first-order chi connectivity index (χ1) is 9.80. The summed E-state index contributed by atoms with van der Waals surface area (Å²) in [6, 6.07) is 7.31. The highest BCUT2D eigenvalue weighted by Crippen LogP contribution is 2.29. The lowest BCUT2D eigenvalue weighted by atomic mass is 10.3. The lowest BCUT2D eigenvalue weighted by Gasteiger charge is -2.08. The monoisotopic (exact) mass is 271 g/mol. The molecule has 1 aromatic carbocycles. The van der Waals surface area contributed by atoms with Gasteiger partial charge in [-0.05, 0) is 12.1 Å². The van der Waals surface area contributed by atoms with Gasteiger partial charge >= 0.3 is 0 Å². The predicted molar refractivity (Wildman–Crippen MR) is 74.3 cm³/mol. The molecule has 102 valence electrons. The van der Waals surface area contributed by atoms with Crippen LogP contribution >= 0.6 is 0 Å². The van der Waals surface area contributed by atoms with Crippen LogP contribution in [0, 0.1) is 0 Å². The maximum absolute atomic E-state index is 5.80. The summed E-state index contributed by atoms with van der Waals surface area (Å²) >= 11 is 0. The van der Waals surface area contributed by atoms with Gasteiger partial charge in [0.25, 0.3) is 0 Å². The molecule has 0 bridgehead atoms. The Morgan fingerprint density at radius 3 is 2.85 bits per heavy atom. The SMILES string of the molecule is CNc1nc(Oc2cccc(OC)c2)c2cn[nH]c2n1. The molecule has 20 heavy (non-hydrogen) atoms. The second-order valence-electron chi connectivity index (χ2n) is 4.02. The molecule has 0 amide bonds. The van der Waals surface area contributed by atoms with Crippen LogP contribution in [0.1, 0.15) is 0 Å². The molecule has 0 aliphatic heterocycles. The molecule has 2 aromatic heterocycles. The molecule has 0 unspecified atom stereocenters. The number of aromatic nitrogens is 4. The Kier molecular flexibility index (Phi) is 3.08. The summed E-state index contributed by atoms with van der Waals surface area (Å²) < 4.78 is 11.0. The van der Waals surface area contributed by atoms with Crippen molar-refractivity contribution in [3.8, 4) is 17.4 Å². The molecule has 0 spiro atoms. The number of aromatic amines is 1. The Morgan fingerprint density at radius 2 is 2.05 bits per heavy atom. The van der Waals surface area contributed by atoms with Crippen LogP contribution in [0.3, 0.4) is 0 Å². The molecule has 7 heteroatoms. The molecule has 2 N–H and O–H groups in total. The van der Waals surface area contributed by atoms with E-state index in [-0.39, 0.29) is 0 Å². The first kappa shape index (κ1) is 12.2. The topological polar surface area (TPSA) is 85.0 Å². The van der Waals surface area contributed by atoms with Crippen LogP contribution in [0.2, 0.25) is 0 Å². The fraction of sp³-hybridized carbons (Fsp3) is 0.154. The zero-order valence-electron chi connectivity index (χ0n) is 11.0. The molecular weight excluding hydrogens is 258 g/mol. The van der Waals surface area contributed by atoms with Gasteiger partial charge in [-0.25, -0.2) is 0 Å². The second-order valence-corrected chi connectivity index (χ2v) is 4.02. The number of benzene rings is 1. The van der Waals surface area contributed by atoms with Gasteiger partial charge in [0.15, 0.2) is 5.65 Å². The predicted octanol–water partition coefficient (Wildman–Crippen LogP) is 2.20. The summed E-state index contributed by atoms with van der Waals surface area (Å²) in [6.45, 7) is 0. The second kappa shape index (κ2) is 5.04. The Balaban J connectivity index is 2.02. The van der Waals surface area contributed by atoms with Crippen molar-refractivity contribution < 1.29 is 9.47 Å².